The van der Waals surface area contributed by atoms with Crippen LogP contribution >= 0.6 is 0 Å². The minimum atomic E-state index is -0.284. The molecule has 0 radical (unpaired) electrons. The zero-order valence-electron chi connectivity index (χ0n) is 8.52. The van der Waals surface area contributed by atoms with Gasteiger partial charge in [0.05, 0.1) is 5.92 Å². The molecule has 15 heavy (non-hydrogen) atoms. The molecular weight excluding hydrogens is 196 g/mol. The SMILES string of the molecule is CC1Oc2cc(O)cc(O)c2C(=O)C1C. The van der Waals surface area contributed by atoms with Crippen molar-refractivity contribution in [1.29, 1.82) is 0 Å². The number of phenolic OH excluding ortho intramolecular Hbond substituents is 2. The Labute approximate surface area is 87.1 Å². The molecular formula is C11H12O4. The van der Waals surface area contributed by atoms with Gasteiger partial charge in [-0.1, -0.05) is 6.92 Å². The van der Waals surface area contributed by atoms with E-state index in [0.29, 0.717) is 0 Å². The van der Waals surface area contributed by atoms with Crippen LogP contribution in [0.5, 0.6) is 17.2 Å². The summed E-state index contributed by atoms with van der Waals surface area (Å²) in [5.41, 5.74) is 0.165. The summed E-state index contributed by atoms with van der Waals surface area (Å²) in [7, 11) is 0. The Morgan fingerprint density at radius 1 is 1.27 bits per heavy atom. The maximum Gasteiger partial charge on any atom is 0.176 e. The Balaban J connectivity index is 2.60. The van der Waals surface area contributed by atoms with Gasteiger partial charge in [-0.25, -0.2) is 0 Å². The monoisotopic (exact) mass is 208 g/mol. The molecule has 4 heteroatoms. The first kappa shape index (κ1) is 9.83. The molecule has 1 aliphatic rings. The molecule has 2 unspecified atom stereocenters. The fraction of sp³-hybridized carbons (Fsp3) is 0.364. The van der Waals surface area contributed by atoms with Gasteiger partial charge in [0.15, 0.2) is 5.78 Å². The molecule has 4 nitrogen and oxygen atoms in total. The molecule has 1 aliphatic heterocycles. The standard InChI is InChI=1S/C11H12O4/c1-5-6(2)15-9-4-7(12)3-8(13)10(9)11(5)14/h3-6,12-13H,1-2H3. The summed E-state index contributed by atoms with van der Waals surface area (Å²) >= 11 is 0. The van der Waals surface area contributed by atoms with Crippen molar-refractivity contribution in [3.63, 3.8) is 0 Å². The first-order valence-corrected chi connectivity index (χ1v) is 4.77. The average Bonchev–Trinajstić information content (AvgIpc) is 2.13. The van der Waals surface area contributed by atoms with E-state index in [-0.39, 0.29) is 40.6 Å². The minimum Gasteiger partial charge on any atom is -0.508 e. The van der Waals surface area contributed by atoms with Crippen LogP contribution in [0.2, 0.25) is 0 Å². The predicted molar refractivity (Wildman–Crippen MR) is 53.4 cm³/mol. The van der Waals surface area contributed by atoms with Crippen LogP contribution in [0.25, 0.3) is 0 Å². The number of rotatable bonds is 0. The summed E-state index contributed by atoms with van der Waals surface area (Å²) in [5, 5.41) is 18.8. The number of fused-ring (bicyclic) bond motifs is 1. The lowest BCUT2D eigenvalue weighted by Gasteiger charge is -2.28. The Morgan fingerprint density at radius 2 is 1.93 bits per heavy atom. The van der Waals surface area contributed by atoms with Crippen molar-refractivity contribution in [3.8, 4) is 17.2 Å². The summed E-state index contributed by atoms with van der Waals surface area (Å²) in [6.07, 6.45) is -0.244. The van der Waals surface area contributed by atoms with Gasteiger partial charge in [0.2, 0.25) is 0 Å². The van der Waals surface area contributed by atoms with Gasteiger partial charge in [-0.3, -0.25) is 4.79 Å². The average molecular weight is 208 g/mol. The fourth-order valence-electron chi connectivity index (χ4n) is 1.67. The quantitative estimate of drug-likeness (QED) is 0.681. The fourth-order valence-corrected chi connectivity index (χ4v) is 1.67. The van der Waals surface area contributed by atoms with E-state index in [9.17, 15) is 15.0 Å². The van der Waals surface area contributed by atoms with E-state index in [1.807, 2.05) is 0 Å². The van der Waals surface area contributed by atoms with Gasteiger partial charge >= 0.3 is 0 Å². The van der Waals surface area contributed by atoms with Gasteiger partial charge < -0.3 is 14.9 Å². The second kappa shape index (κ2) is 3.15. The largest absolute Gasteiger partial charge is 0.508 e. The Morgan fingerprint density at radius 3 is 2.60 bits per heavy atom. The second-order valence-electron chi connectivity index (χ2n) is 3.81. The number of aromatic hydroxyl groups is 2. The smallest absolute Gasteiger partial charge is 0.176 e. The van der Waals surface area contributed by atoms with Gasteiger partial charge in [-0.05, 0) is 6.92 Å². The lowest BCUT2D eigenvalue weighted by atomic mass is 9.91. The van der Waals surface area contributed by atoms with Crippen LogP contribution in [0.1, 0.15) is 24.2 Å². The maximum atomic E-state index is 11.8. The molecule has 1 aromatic carbocycles. The van der Waals surface area contributed by atoms with Crippen LogP contribution in [0.3, 0.4) is 0 Å². The third-order valence-electron chi connectivity index (χ3n) is 2.74. The van der Waals surface area contributed by atoms with Crippen LogP contribution in [0, 0.1) is 5.92 Å². The normalized spacial score (nSPS) is 24.5. The Bertz CT molecular complexity index is 425. The van der Waals surface area contributed by atoms with Crippen molar-refractivity contribution in [3.05, 3.63) is 17.7 Å². The summed E-state index contributed by atoms with van der Waals surface area (Å²) in [4.78, 5) is 11.8. The van der Waals surface area contributed by atoms with Gasteiger partial charge in [-0.2, -0.15) is 0 Å². The zero-order valence-corrected chi connectivity index (χ0v) is 8.52. The highest BCUT2D eigenvalue weighted by molar-refractivity contribution is 6.04. The van der Waals surface area contributed by atoms with Crippen LogP contribution < -0.4 is 4.74 Å². The molecule has 80 valence electrons. The summed E-state index contributed by atoms with van der Waals surface area (Å²) in [5.74, 6) is -0.521. The van der Waals surface area contributed by atoms with E-state index in [4.69, 9.17) is 4.74 Å². The van der Waals surface area contributed by atoms with Gasteiger partial charge in [-0.15, -0.1) is 0 Å². The van der Waals surface area contributed by atoms with E-state index in [1.54, 1.807) is 13.8 Å². The third-order valence-corrected chi connectivity index (χ3v) is 2.74. The summed E-state index contributed by atoms with van der Waals surface area (Å²) < 4.78 is 5.44. The number of hydrogen-bond donors (Lipinski definition) is 2. The van der Waals surface area contributed by atoms with E-state index in [0.717, 1.165) is 6.07 Å². The van der Waals surface area contributed by atoms with Crippen molar-refractivity contribution >= 4 is 5.78 Å². The van der Waals surface area contributed by atoms with Crippen LogP contribution in [0.4, 0.5) is 0 Å². The molecule has 2 atom stereocenters. The lowest BCUT2D eigenvalue weighted by molar-refractivity contribution is 0.0724. The summed E-state index contributed by atoms with van der Waals surface area (Å²) in [6, 6.07) is 2.48. The molecule has 1 heterocycles. The number of ether oxygens (including phenoxy) is 1. The Kier molecular flexibility index (Phi) is 2.07. The highest BCUT2D eigenvalue weighted by Gasteiger charge is 2.33. The molecule has 2 N–H and O–H groups in total. The van der Waals surface area contributed by atoms with Crippen LogP contribution in [-0.4, -0.2) is 22.1 Å². The van der Waals surface area contributed by atoms with Crippen molar-refractivity contribution in [2.45, 2.75) is 20.0 Å². The molecule has 0 bridgehead atoms. The number of benzene rings is 1. The van der Waals surface area contributed by atoms with Gasteiger partial charge in [0.25, 0.3) is 0 Å². The van der Waals surface area contributed by atoms with E-state index in [1.165, 1.54) is 6.07 Å². The molecule has 1 aromatic rings. The third kappa shape index (κ3) is 1.42. The number of ketones is 1. The second-order valence-corrected chi connectivity index (χ2v) is 3.81. The van der Waals surface area contributed by atoms with Crippen molar-refractivity contribution in [2.24, 2.45) is 5.92 Å². The number of Topliss-reactive ketones (excluding diaryl/α,β-unsaturated/α-hetero) is 1. The van der Waals surface area contributed by atoms with Crippen LogP contribution in [-0.2, 0) is 0 Å². The first-order chi connectivity index (χ1) is 7.00. The highest BCUT2D eigenvalue weighted by atomic mass is 16.5. The number of hydrogen-bond acceptors (Lipinski definition) is 4. The van der Waals surface area contributed by atoms with E-state index < -0.39 is 0 Å². The summed E-state index contributed by atoms with van der Waals surface area (Å²) in [6.45, 7) is 3.54. The van der Waals surface area contributed by atoms with Crippen molar-refractivity contribution in [2.75, 3.05) is 0 Å². The Hall–Kier alpha value is -1.71. The molecule has 0 aliphatic carbocycles. The maximum absolute atomic E-state index is 11.8. The number of carbonyl (C=O) groups is 1. The van der Waals surface area contributed by atoms with Gasteiger partial charge in [0, 0.05) is 12.1 Å². The van der Waals surface area contributed by atoms with E-state index in [2.05, 4.69) is 0 Å². The first-order valence-electron chi connectivity index (χ1n) is 4.77. The number of phenols is 2. The molecule has 0 fully saturated rings. The molecule has 0 saturated carbocycles. The van der Waals surface area contributed by atoms with E-state index >= 15 is 0 Å². The molecule has 0 saturated heterocycles. The predicted octanol–water partition coefficient (Wildman–Crippen LogP) is 1.70. The molecule has 0 aromatic heterocycles. The zero-order chi connectivity index (χ0) is 11.2. The molecule has 0 spiro atoms. The molecule has 0 amide bonds. The highest BCUT2D eigenvalue weighted by Crippen LogP contribution is 2.39. The van der Waals surface area contributed by atoms with Gasteiger partial charge in [0.1, 0.15) is 28.9 Å². The van der Waals surface area contributed by atoms with Crippen molar-refractivity contribution in [1.82, 2.24) is 0 Å². The van der Waals surface area contributed by atoms with Crippen LogP contribution in [0.15, 0.2) is 12.1 Å². The number of carbonyl (C=O) groups excluding carboxylic acids is 1. The molecule has 2 rings (SSSR count). The minimum absolute atomic E-state index is 0.110. The lowest BCUT2D eigenvalue weighted by Crippen LogP contribution is -2.33. The van der Waals surface area contributed by atoms with Crippen molar-refractivity contribution < 1.29 is 19.7 Å². The topological polar surface area (TPSA) is 66.8 Å².